The molecule has 2 amide bonds. The summed E-state index contributed by atoms with van der Waals surface area (Å²) in [6.45, 7) is 6.69. The van der Waals surface area contributed by atoms with Crippen LogP contribution in [0.1, 0.15) is 52.7 Å². The van der Waals surface area contributed by atoms with Gasteiger partial charge in [0.2, 0.25) is 0 Å². The average molecular weight is 387 g/mol. The summed E-state index contributed by atoms with van der Waals surface area (Å²) < 4.78 is 0. The molecule has 0 aliphatic carbocycles. The van der Waals surface area contributed by atoms with Gasteiger partial charge in [-0.2, -0.15) is 0 Å². The van der Waals surface area contributed by atoms with Crippen LogP contribution in [0.25, 0.3) is 0 Å². The lowest BCUT2D eigenvalue weighted by Gasteiger charge is -2.22. The summed E-state index contributed by atoms with van der Waals surface area (Å²) in [5.74, 6) is -0.597. The summed E-state index contributed by atoms with van der Waals surface area (Å²) in [5.41, 5.74) is 3.25. The Morgan fingerprint density at radius 3 is 2.31 bits per heavy atom. The number of nitrogens with one attached hydrogen (secondary N) is 2. The van der Waals surface area contributed by atoms with Crippen LogP contribution >= 0.6 is 0 Å². The average Bonchev–Trinajstić information content (AvgIpc) is 2.72. The van der Waals surface area contributed by atoms with Gasteiger partial charge < -0.3 is 10.6 Å². The molecule has 1 heterocycles. The van der Waals surface area contributed by atoms with Gasteiger partial charge in [-0.3, -0.25) is 14.6 Å². The van der Waals surface area contributed by atoms with E-state index in [9.17, 15) is 9.59 Å². The molecule has 3 aromatic rings. The highest BCUT2D eigenvalue weighted by molar-refractivity contribution is 6.05. The Hall–Kier alpha value is -3.47. The number of anilines is 1. The number of hydrogen-bond acceptors (Lipinski definition) is 3. The first-order valence-electron chi connectivity index (χ1n) is 9.53. The van der Waals surface area contributed by atoms with E-state index in [-0.39, 0.29) is 22.9 Å². The highest BCUT2D eigenvalue weighted by Crippen LogP contribution is 2.29. The highest BCUT2D eigenvalue weighted by Gasteiger charge is 2.19. The van der Waals surface area contributed by atoms with Gasteiger partial charge in [0, 0.05) is 24.0 Å². The number of benzene rings is 2. The quantitative estimate of drug-likeness (QED) is 0.674. The molecule has 0 saturated heterocycles. The van der Waals surface area contributed by atoms with Crippen molar-refractivity contribution in [3.8, 4) is 0 Å². The van der Waals surface area contributed by atoms with Crippen molar-refractivity contribution >= 4 is 17.5 Å². The fraction of sp³-hybridized carbons (Fsp3) is 0.208. The molecule has 2 aromatic carbocycles. The van der Waals surface area contributed by atoms with E-state index in [1.165, 1.54) is 12.3 Å². The van der Waals surface area contributed by atoms with E-state index in [4.69, 9.17) is 0 Å². The van der Waals surface area contributed by atoms with Crippen LogP contribution < -0.4 is 10.6 Å². The molecule has 0 aliphatic heterocycles. The topological polar surface area (TPSA) is 71.1 Å². The third-order valence-electron chi connectivity index (χ3n) is 4.53. The van der Waals surface area contributed by atoms with Gasteiger partial charge >= 0.3 is 0 Å². The Bertz CT molecular complexity index is 1010. The van der Waals surface area contributed by atoms with Gasteiger partial charge in [-0.05, 0) is 34.7 Å². The maximum absolute atomic E-state index is 12.7. The van der Waals surface area contributed by atoms with Gasteiger partial charge in [0.05, 0.1) is 0 Å². The lowest BCUT2D eigenvalue weighted by atomic mass is 9.86. The number of hydrogen-bond donors (Lipinski definition) is 2. The lowest BCUT2D eigenvalue weighted by Crippen LogP contribution is -2.24. The van der Waals surface area contributed by atoms with Crippen LogP contribution in [-0.4, -0.2) is 16.8 Å². The molecule has 0 atom stereocenters. The van der Waals surface area contributed by atoms with E-state index in [0.29, 0.717) is 12.1 Å². The molecule has 0 saturated carbocycles. The van der Waals surface area contributed by atoms with Crippen LogP contribution in [-0.2, 0) is 12.0 Å². The first-order chi connectivity index (χ1) is 13.8. The Morgan fingerprint density at radius 2 is 1.59 bits per heavy atom. The van der Waals surface area contributed by atoms with E-state index in [2.05, 4.69) is 36.4 Å². The molecule has 0 aliphatic rings. The van der Waals surface area contributed by atoms with Gasteiger partial charge in [0.1, 0.15) is 5.69 Å². The number of rotatable bonds is 5. The number of para-hydroxylation sites is 1. The van der Waals surface area contributed by atoms with Crippen LogP contribution in [0, 0.1) is 0 Å². The Morgan fingerprint density at radius 1 is 0.897 bits per heavy atom. The zero-order valence-corrected chi connectivity index (χ0v) is 16.9. The van der Waals surface area contributed by atoms with E-state index >= 15 is 0 Å². The van der Waals surface area contributed by atoms with Gasteiger partial charge in [-0.1, -0.05) is 69.3 Å². The maximum Gasteiger partial charge on any atom is 0.274 e. The zero-order chi connectivity index (χ0) is 20.9. The van der Waals surface area contributed by atoms with Gasteiger partial charge in [0.15, 0.2) is 0 Å². The minimum Gasteiger partial charge on any atom is -0.348 e. The highest BCUT2D eigenvalue weighted by atomic mass is 16.2. The van der Waals surface area contributed by atoms with Gasteiger partial charge in [0.25, 0.3) is 11.8 Å². The van der Waals surface area contributed by atoms with E-state index in [1.54, 1.807) is 6.07 Å². The molecule has 2 N–H and O–H groups in total. The molecule has 148 valence electrons. The van der Waals surface area contributed by atoms with Crippen molar-refractivity contribution in [1.29, 1.82) is 0 Å². The number of amides is 2. The van der Waals surface area contributed by atoms with Crippen LogP contribution in [0.15, 0.2) is 72.9 Å². The second kappa shape index (κ2) is 8.69. The monoisotopic (exact) mass is 387 g/mol. The van der Waals surface area contributed by atoms with Gasteiger partial charge in [-0.25, -0.2) is 0 Å². The first kappa shape index (κ1) is 20.3. The molecular weight excluding hydrogens is 362 g/mol. The number of pyridine rings is 1. The van der Waals surface area contributed by atoms with Crippen molar-refractivity contribution in [3.05, 3.63) is 95.3 Å². The fourth-order valence-electron chi connectivity index (χ4n) is 3.01. The van der Waals surface area contributed by atoms with Crippen molar-refractivity contribution < 1.29 is 9.59 Å². The molecule has 0 spiro atoms. The smallest absolute Gasteiger partial charge is 0.274 e. The predicted octanol–water partition coefficient (Wildman–Crippen LogP) is 4.56. The van der Waals surface area contributed by atoms with Crippen molar-refractivity contribution in [2.24, 2.45) is 0 Å². The molecule has 5 nitrogen and oxygen atoms in total. The molecule has 5 heteroatoms. The third-order valence-corrected chi connectivity index (χ3v) is 4.53. The molecule has 3 rings (SSSR count). The zero-order valence-electron chi connectivity index (χ0n) is 16.9. The lowest BCUT2D eigenvalue weighted by molar-refractivity contribution is 0.0951. The summed E-state index contributed by atoms with van der Waals surface area (Å²) in [6.07, 6.45) is 1.47. The van der Waals surface area contributed by atoms with Crippen molar-refractivity contribution in [2.75, 3.05) is 5.32 Å². The Kier molecular flexibility index (Phi) is 6.07. The maximum atomic E-state index is 12.7. The minimum absolute atomic E-state index is 0.115. The normalized spacial score (nSPS) is 11.0. The predicted molar refractivity (Wildman–Crippen MR) is 115 cm³/mol. The SMILES string of the molecule is CC(C)(C)c1ccccc1NC(=O)c1cc(C(=O)NCc2ccccc2)ccn1. The fourth-order valence-corrected chi connectivity index (χ4v) is 3.01. The summed E-state index contributed by atoms with van der Waals surface area (Å²) >= 11 is 0. The number of nitrogens with zero attached hydrogens (tertiary/aromatic N) is 1. The molecule has 1 aromatic heterocycles. The van der Waals surface area contributed by atoms with E-state index in [0.717, 1.165) is 16.8 Å². The van der Waals surface area contributed by atoms with Crippen LogP contribution in [0.3, 0.4) is 0 Å². The van der Waals surface area contributed by atoms with Crippen molar-refractivity contribution in [3.63, 3.8) is 0 Å². The van der Waals surface area contributed by atoms with Crippen LogP contribution in [0.2, 0.25) is 0 Å². The van der Waals surface area contributed by atoms with Crippen LogP contribution in [0.5, 0.6) is 0 Å². The number of carbonyl (C=O) groups is 2. The van der Waals surface area contributed by atoms with Crippen LogP contribution in [0.4, 0.5) is 5.69 Å². The molecule has 29 heavy (non-hydrogen) atoms. The summed E-state index contributed by atoms with van der Waals surface area (Å²) in [6, 6.07) is 20.5. The van der Waals surface area contributed by atoms with Crippen molar-refractivity contribution in [1.82, 2.24) is 10.3 Å². The van der Waals surface area contributed by atoms with Crippen molar-refractivity contribution in [2.45, 2.75) is 32.7 Å². The number of aromatic nitrogens is 1. The van der Waals surface area contributed by atoms with Gasteiger partial charge in [-0.15, -0.1) is 0 Å². The summed E-state index contributed by atoms with van der Waals surface area (Å²) in [7, 11) is 0. The molecular formula is C24H25N3O2. The number of carbonyl (C=O) groups excluding carboxylic acids is 2. The Balaban J connectivity index is 1.72. The molecule has 0 unspecified atom stereocenters. The van der Waals surface area contributed by atoms with E-state index in [1.807, 2.05) is 54.6 Å². The minimum atomic E-state index is -0.348. The third kappa shape index (κ3) is 5.29. The largest absolute Gasteiger partial charge is 0.348 e. The molecule has 0 radical (unpaired) electrons. The Labute approximate surface area is 171 Å². The second-order valence-corrected chi connectivity index (χ2v) is 7.85. The first-order valence-corrected chi connectivity index (χ1v) is 9.53. The molecule has 0 bridgehead atoms. The standard InChI is InChI=1S/C24H25N3O2/c1-24(2,3)19-11-7-8-12-20(19)27-23(29)21-15-18(13-14-25-21)22(28)26-16-17-9-5-4-6-10-17/h4-15H,16H2,1-3H3,(H,26,28)(H,27,29). The van der Waals surface area contributed by atoms with E-state index < -0.39 is 0 Å². The summed E-state index contributed by atoms with van der Waals surface area (Å²) in [5, 5.41) is 5.79. The second-order valence-electron chi connectivity index (χ2n) is 7.85. The molecule has 0 fully saturated rings. The summed E-state index contributed by atoms with van der Waals surface area (Å²) in [4.78, 5) is 29.3.